The van der Waals surface area contributed by atoms with Crippen LogP contribution >= 0.6 is 0 Å². The Morgan fingerprint density at radius 3 is 2.78 bits per heavy atom. The molecule has 0 bridgehead atoms. The summed E-state index contributed by atoms with van der Waals surface area (Å²) in [5.74, 6) is -4.69. The Morgan fingerprint density at radius 1 is 1.32 bits per heavy atom. The van der Waals surface area contributed by atoms with Crippen molar-refractivity contribution in [3.63, 3.8) is 0 Å². The van der Waals surface area contributed by atoms with E-state index in [-0.39, 0.29) is 35.9 Å². The fraction of sp³-hybridized carbons (Fsp3) is 0.391. The van der Waals surface area contributed by atoms with Crippen LogP contribution in [0.4, 0.5) is 27.9 Å². The van der Waals surface area contributed by atoms with Gasteiger partial charge in [-0.3, -0.25) is 4.79 Å². The van der Waals surface area contributed by atoms with E-state index in [0.29, 0.717) is 16.6 Å². The number of hydrogen-bond acceptors (Lipinski definition) is 6. The second-order valence-corrected chi connectivity index (χ2v) is 8.77. The Bertz CT molecular complexity index is 1490. The highest BCUT2D eigenvalue weighted by Gasteiger charge is 2.46. The fourth-order valence-corrected chi connectivity index (χ4v) is 4.55. The molecule has 1 N–H and O–H groups in total. The third-order valence-corrected chi connectivity index (χ3v) is 6.34. The summed E-state index contributed by atoms with van der Waals surface area (Å²) in [6.07, 6.45) is -0.312. The Morgan fingerprint density at radius 2 is 2.11 bits per heavy atom. The third kappa shape index (κ3) is 4.51. The van der Waals surface area contributed by atoms with E-state index in [9.17, 15) is 22.4 Å². The van der Waals surface area contributed by atoms with Crippen LogP contribution in [-0.2, 0) is 11.3 Å². The van der Waals surface area contributed by atoms with Crippen LogP contribution in [0.5, 0.6) is 5.88 Å². The normalized spacial score (nSPS) is 17.6. The molecule has 9 nitrogen and oxygen atoms in total. The van der Waals surface area contributed by atoms with Crippen LogP contribution in [-0.4, -0.2) is 73.5 Å². The lowest BCUT2D eigenvalue weighted by molar-refractivity contribution is -0.140. The highest BCUT2D eigenvalue weighted by Crippen LogP contribution is 2.36. The number of piperidine rings is 1. The zero-order chi connectivity index (χ0) is 26.5. The van der Waals surface area contributed by atoms with Crippen LogP contribution in [0.15, 0.2) is 30.7 Å². The quantitative estimate of drug-likeness (QED) is 0.387. The predicted molar refractivity (Wildman–Crippen MR) is 123 cm³/mol. The lowest BCUT2D eigenvalue weighted by Crippen LogP contribution is -2.55. The maximum absolute atomic E-state index is 15.2. The molecule has 1 aromatic carbocycles. The maximum Gasteiger partial charge on any atom is 0.285 e. The van der Waals surface area contributed by atoms with E-state index in [4.69, 9.17) is 4.74 Å². The van der Waals surface area contributed by atoms with Gasteiger partial charge in [0.25, 0.3) is 12.3 Å². The Kier molecular flexibility index (Phi) is 6.12. The molecule has 1 amide bonds. The predicted octanol–water partition coefficient (Wildman–Crippen LogP) is 3.83. The first-order valence-corrected chi connectivity index (χ1v) is 11.3. The van der Waals surface area contributed by atoms with Gasteiger partial charge in [0.15, 0.2) is 5.82 Å². The summed E-state index contributed by atoms with van der Waals surface area (Å²) < 4.78 is 78.3. The maximum atomic E-state index is 15.2. The number of hydrogen-bond donors (Lipinski definition) is 1. The van der Waals surface area contributed by atoms with Crippen LogP contribution in [0.25, 0.3) is 27.7 Å². The fourth-order valence-electron chi connectivity index (χ4n) is 4.55. The molecule has 1 saturated heterocycles. The van der Waals surface area contributed by atoms with Gasteiger partial charge in [0.2, 0.25) is 17.7 Å². The number of aromatic nitrogens is 5. The number of methoxy groups -OCH3 is 1. The zero-order valence-corrected chi connectivity index (χ0v) is 19.8. The van der Waals surface area contributed by atoms with Gasteiger partial charge in [-0.15, -0.1) is 5.10 Å². The van der Waals surface area contributed by atoms with E-state index in [1.54, 1.807) is 12.1 Å². The highest BCUT2D eigenvalue weighted by atomic mass is 19.3. The first-order valence-electron chi connectivity index (χ1n) is 11.3. The van der Waals surface area contributed by atoms with Crippen molar-refractivity contribution in [2.24, 2.45) is 0 Å². The molecule has 4 heterocycles. The van der Waals surface area contributed by atoms with Gasteiger partial charge in [0.1, 0.15) is 5.52 Å². The van der Waals surface area contributed by atoms with E-state index in [1.807, 2.05) is 0 Å². The number of nitrogens with zero attached hydrogens (tertiary/aromatic N) is 6. The number of carbonyl (C=O) groups excluding carboxylic acids is 1. The van der Waals surface area contributed by atoms with Crippen LogP contribution < -0.4 is 10.1 Å². The van der Waals surface area contributed by atoms with Crippen molar-refractivity contribution < 1.29 is 31.5 Å². The smallest absolute Gasteiger partial charge is 0.285 e. The van der Waals surface area contributed by atoms with E-state index in [2.05, 4.69) is 20.4 Å². The summed E-state index contributed by atoms with van der Waals surface area (Å²) in [6, 6.07) is 3.32. The molecule has 0 saturated carbocycles. The largest absolute Gasteiger partial charge is 0.479 e. The molecule has 0 aliphatic carbocycles. The molecule has 0 radical (unpaired) electrons. The topological polar surface area (TPSA) is 89.6 Å². The van der Waals surface area contributed by atoms with E-state index in [1.165, 1.54) is 31.0 Å². The van der Waals surface area contributed by atoms with Gasteiger partial charge < -0.3 is 19.5 Å². The second-order valence-electron chi connectivity index (χ2n) is 8.77. The minimum atomic E-state index is -3.25. The summed E-state index contributed by atoms with van der Waals surface area (Å²) in [6.45, 7) is 0.0475. The monoisotopic (exact) mass is 523 g/mol. The SMILES string of the molecule is COc1nc(N[C@@H]2CCN(C(C)=O)CC2(F)F)nn2cc(F)c(-c3ccc4ncn(CC(F)F)c4c3)c12. The van der Waals surface area contributed by atoms with Crippen LogP contribution in [0.2, 0.25) is 0 Å². The van der Waals surface area contributed by atoms with E-state index in [0.717, 1.165) is 15.6 Å². The van der Waals surface area contributed by atoms with Gasteiger partial charge in [-0.25, -0.2) is 31.5 Å². The molecular weight excluding hydrogens is 501 g/mol. The number of amides is 1. The van der Waals surface area contributed by atoms with Crippen molar-refractivity contribution in [1.82, 2.24) is 29.0 Å². The number of nitrogens with one attached hydrogen (secondary N) is 1. The number of halogens is 5. The summed E-state index contributed by atoms with van der Waals surface area (Å²) >= 11 is 0. The molecule has 3 aromatic heterocycles. The highest BCUT2D eigenvalue weighted by molar-refractivity contribution is 5.90. The minimum Gasteiger partial charge on any atom is -0.479 e. The van der Waals surface area contributed by atoms with Crippen molar-refractivity contribution >= 4 is 28.4 Å². The van der Waals surface area contributed by atoms with E-state index >= 15 is 4.39 Å². The van der Waals surface area contributed by atoms with Crippen molar-refractivity contribution in [3.05, 3.63) is 36.5 Å². The number of anilines is 1. The summed E-state index contributed by atoms with van der Waals surface area (Å²) in [5, 5.41) is 6.75. The Hall–Kier alpha value is -3.97. The molecule has 0 spiro atoms. The minimum absolute atomic E-state index is 0.0477. The third-order valence-electron chi connectivity index (χ3n) is 6.34. The van der Waals surface area contributed by atoms with Crippen LogP contribution in [0, 0.1) is 5.82 Å². The second kappa shape index (κ2) is 9.16. The standard InChI is InChI=1S/C23H22F5N7O2/c1-12(36)33-6-5-17(23(27,28)10-33)30-22-31-21(37-2)20-19(14(24)8-35(20)32-22)13-3-4-15-16(7-13)34(11-29-15)9-18(25)26/h3-4,7-8,11,17-18H,5-6,9-10H2,1-2H3,(H,30,32)/t17-/m1/s1. The van der Waals surface area contributed by atoms with Crippen molar-refractivity contribution in [2.75, 3.05) is 25.5 Å². The molecule has 1 fully saturated rings. The van der Waals surface area contributed by atoms with Crippen molar-refractivity contribution in [1.29, 1.82) is 0 Å². The molecule has 196 valence electrons. The number of benzene rings is 1. The van der Waals surface area contributed by atoms with Gasteiger partial charge in [-0.2, -0.15) is 4.98 Å². The molecule has 4 aromatic rings. The number of ether oxygens (including phenoxy) is 1. The lowest BCUT2D eigenvalue weighted by atomic mass is 10.0. The lowest BCUT2D eigenvalue weighted by Gasteiger charge is -2.38. The number of carbonyl (C=O) groups is 1. The Balaban J connectivity index is 1.52. The molecule has 1 aliphatic rings. The first kappa shape index (κ1) is 24.7. The number of rotatable bonds is 6. The van der Waals surface area contributed by atoms with Gasteiger partial charge in [0.05, 0.1) is 55.4 Å². The average molecular weight is 523 g/mol. The summed E-state index contributed by atoms with van der Waals surface area (Å²) in [7, 11) is 1.29. The summed E-state index contributed by atoms with van der Waals surface area (Å²) in [4.78, 5) is 20.9. The number of fused-ring (bicyclic) bond motifs is 2. The molecule has 1 atom stereocenters. The molecule has 5 rings (SSSR count). The summed E-state index contributed by atoms with van der Waals surface area (Å²) in [5.41, 5.74) is 1.36. The number of likely N-dealkylation sites (tertiary alicyclic amines) is 1. The van der Waals surface area contributed by atoms with Gasteiger partial charge in [-0.05, 0) is 24.1 Å². The molecule has 1 aliphatic heterocycles. The van der Waals surface area contributed by atoms with Crippen LogP contribution in [0.3, 0.4) is 0 Å². The first-order chi connectivity index (χ1) is 17.6. The van der Waals surface area contributed by atoms with Crippen molar-refractivity contribution in [3.8, 4) is 17.0 Å². The van der Waals surface area contributed by atoms with Crippen molar-refractivity contribution in [2.45, 2.75) is 38.3 Å². The van der Waals surface area contributed by atoms with Gasteiger partial charge in [-0.1, -0.05) is 6.07 Å². The molecule has 37 heavy (non-hydrogen) atoms. The zero-order valence-electron chi connectivity index (χ0n) is 19.8. The molecule has 0 unspecified atom stereocenters. The average Bonchev–Trinajstić information content (AvgIpc) is 3.38. The van der Waals surface area contributed by atoms with Crippen LogP contribution in [0.1, 0.15) is 13.3 Å². The molecular formula is C23H22F5N7O2. The number of imidazole rings is 1. The Labute approximate surface area is 206 Å². The van der Waals surface area contributed by atoms with Gasteiger partial charge in [0, 0.05) is 13.5 Å². The molecule has 14 heteroatoms. The van der Waals surface area contributed by atoms with E-state index < -0.39 is 43.2 Å². The van der Waals surface area contributed by atoms with Gasteiger partial charge >= 0.3 is 0 Å². The number of alkyl halides is 4.